The Morgan fingerprint density at radius 2 is 1.88 bits per heavy atom. The maximum absolute atomic E-state index is 10.1. The van der Waals surface area contributed by atoms with Gasteiger partial charge < -0.3 is 19.3 Å². The van der Waals surface area contributed by atoms with E-state index >= 15 is 0 Å². The highest BCUT2D eigenvalue weighted by Gasteiger charge is 2.43. The van der Waals surface area contributed by atoms with E-state index in [9.17, 15) is 5.11 Å². The molecule has 1 saturated heterocycles. The minimum atomic E-state index is -0.608. The minimum absolute atomic E-state index is 0.0652. The van der Waals surface area contributed by atoms with E-state index in [0.29, 0.717) is 6.61 Å². The normalized spacial score (nSPS) is 33.6. The van der Waals surface area contributed by atoms with Crippen molar-refractivity contribution in [2.75, 3.05) is 6.61 Å². The van der Waals surface area contributed by atoms with Gasteiger partial charge in [0, 0.05) is 0 Å². The fourth-order valence-electron chi connectivity index (χ4n) is 1.95. The molecule has 1 N–H and O–H groups in total. The molecule has 0 spiro atoms. The molecule has 1 unspecified atom stereocenters. The van der Waals surface area contributed by atoms with Gasteiger partial charge in [0.15, 0.2) is 0 Å². The average Bonchev–Trinajstić information content (AvgIpc) is 2.53. The minimum Gasteiger partial charge on any atom is -0.388 e. The predicted molar refractivity (Wildman–Crippen MR) is 67.4 cm³/mol. The molecule has 0 saturated carbocycles. The fraction of sp³-hybridized carbons (Fsp3) is 1.00. The van der Waals surface area contributed by atoms with Crippen LogP contribution in [0.4, 0.5) is 0 Å². The summed E-state index contributed by atoms with van der Waals surface area (Å²) in [5.74, 6) is 0. The van der Waals surface area contributed by atoms with Gasteiger partial charge in [-0.2, -0.15) is 0 Å². The van der Waals surface area contributed by atoms with Gasteiger partial charge in [0.05, 0.1) is 24.8 Å². The van der Waals surface area contributed by atoms with E-state index < -0.39 is 6.10 Å². The molecule has 1 rings (SSSR count). The van der Waals surface area contributed by atoms with Crippen molar-refractivity contribution in [2.45, 2.75) is 71.0 Å². The van der Waals surface area contributed by atoms with Crippen molar-refractivity contribution in [3.63, 3.8) is 0 Å². The number of ether oxygens (including phenoxy) is 3. The number of hydrogen-bond acceptors (Lipinski definition) is 4. The van der Waals surface area contributed by atoms with Gasteiger partial charge in [-0.3, -0.25) is 0 Å². The maximum Gasteiger partial charge on any atom is 0.149 e. The second-order valence-electron chi connectivity index (χ2n) is 4.99. The number of aliphatic hydroxyl groups excluding tert-OH is 1. The van der Waals surface area contributed by atoms with Crippen molar-refractivity contribution in [3.05, 3.63) is 0 Å². The Balaban J connectivity index is 2.58. The van der Waals surface area contributed by atoms with Crippen LogP contribution in [0.15, 0.2) is 0 Å². The largest absolute Gasteiger partial charge is 0.388 e. The summed E-state index contributed by atoms with van der Waals surface area (Å²) in [4.78, 5) is 0. The van der Waals surface area contributed by atoms with Crippen molar-refractivity contribution in [2.24, 2.45) is 0 Å². The van der Waals surface area contributed by atoms with Crippen molar-refractivity contribution >= 4 is 7.28 Å². The highest BCUT2D eigenvalue weighted by molar-refractivity contribution is 6.35. The van der Waals surface area contributed by atoms with Crippen LogP contribution in [0.1, 0.15) is 27.7 Å². The number of hydrogen-bond donors (Lipinski definition) is 1. The van der Waals surface area contributed by atoms with E-state index in [1.54, 1.807) is 0 Å². The van der Waals surface area contributed by atoms with Crippen LogP contribution in [0.25, 0.3) is 0 Å². The topological polar surface area (TPSA) is 47.9 Å². The summed E-state index contributed by atoms with van der Waals surface area (Å²) in [6.45, 7) is 10.2. The van der Waals surface area contributed by atoms with Gasteiger partial charge in [-0.25, -0.2) is 0 Å². The Bertz CT molecular complexity index is 223. The van der Waals surface area contributed by atoms with E-state index in [4.69, 9.17) is 14.2 Å². The molecule has 99 valence electrons. The average molecular weight is 243 g/mol. The summed E-state index contributed by atoms with van der Waals surface area (Å²) in [5.41, 5.74) is 0. The second kappa shape index (κ2) is 6.73. The van der Waals surface area contributed by atoms with Crippen LogP contribution in [0.2, 0.25) is 6.82 Å². The summed E-state index contributed by atoms with van der Waals surface area (Å²) in [7, 11) is 1.86. The van der Waals surface area contributed by atoms with E-state index in [-0.39, 0.29) is 30.4 Å². The van der Waals surface area contributed by atoms with E-state index in [2.05, 4.69) is 0 Å². The first-order valence-electron chi connectivity index (χ1n) is 6.35. The Kier molecular flexibility index (Phi) is 5.93. The molecule has 1 aliphatic heterocycles. The molecule has 0 aromatic heterocycles. The third-order valence-electron chi connectivity index (χ3n) is 2.72. The van der Waals surface area contributed by atoms with Crippen LogP contribution in [-0.2, 0) is 14.2 Å². The highest BCUT2D eigenvalue weighted by Crippen LogP contribution is 2.25. The molecule has 0 bridgehead atoms. The summed E-state index contributed by atoms with van der Waals surface area (Å²) in [6.07, 6.45) is -0.899. The highest BCUT2D eigenvalue weighted by atomic mass is 16.6. The molecule has 0 aromatic carbocycles. The van der Waals surface area contributed by atoms with Gasteiger partial charge in [0.1, 0.15) is 25.6 Å². The zero-order valence-electron chi connectivity index (χ0n) is 11.4. The SMILES string of the molecule is C[B][C@@H]1O[C@H](COC(C)C)C(OC(C)C)[C@@H]1O. The van der Waals surface area contributed by atoms with Crippen LogP contribution in [0.3, 0.4) is 0 Å². The summed E-state index contributed by atoms with van der Waals surface area (Å²) in [6, 6.07) is -0.264. The molecule has 4 atom stereocenters. The van der Waals surface area contributed by atoms with Crippen molar-refractivity contribution < 1.29 is 19.3 Å². The van der Waals surface area contributed by atoms with Crippen molar-refractivity contribution in [3.8, 4) is 0 Å². The molecule has 1 fully saturated rings. The third-order valence-corrected chi connectivity index (χ3v) is 2.72. The lowest BCUT2D eigenvalue weighted by molar-refractivity contribution is -0.0931. The smallest absolute Gasteiger partial charge is 0.149 e. The number of aliphatic hydroxyl groups is 1. The van der Waals surface area contributed by atoms with Crippen molar-refractivity contribution in [1.82, 2.24) is 0 Å². The second-order valence-corrected chi connectivity index (χ2v) is 4.99. The molecule has 0 aromatic rings. The first-order valence-corrected chi connectivity index (χ1v) is 6.35. The molecule has 0 amide bonds. The molecule has 0 aliphatic carbocycles. The quantitative estimate of drug-likeness (QED) is 0.708. The van der Waals surface area contributed by atoms with Gasteiger partial charge in [-0.05, 0) is 27.7 Å². The first-order chi connectivity index (χ1) is 7.95. The molecule has 1 radical (unpaired) electrons. The fourth-order valence-corrected chi connectivity index (χ4v) is 1.95. The van der Waals surface area contributed by atoms with Crippen LogP contribution < -0.4 is 0 Å². The van der Waals surface area contributed by atoms with Gasteiger partial charge >= 0.3 is 0 Å². The zero-order valence-corrected chi connectivity index (χ0v) is 11.4. The van der Waals surface area contributed by atoms with Gasteiger partial charge in [0.2, 0.25) is 0 Å². The lowest BCUT2D eigenvalue weighted by atomic mass is 9.72. The first kappa shape index (κ1) is 15.0. The van der Waals surface area contributed by atoms with E-state index in [0.717, 1.165) is 0 Å². The lowest BCUT2D eigenvalue weighted by Crippen LogP contribution is -2.39. The van der Waals surface area contributed by atoms with Gasteiger partial charge in [-0.15, -0.1) is 0 Å². The Hall–Kier alpha value is -0.0951. The van der Waals surface area contributed by atoms with Gasteiger partial charge in [-0.1, -0.05) is 6.82 Å². The molecule has 4 nitrogen and oxygen atoms in total. The predicted octanol–water partition coefficient (Wildman–Crippen LogP) is 1.04. The lowest BCUT2D eigenvalue weighted by Gasteiger charge is -2.23. The molecular formula is C12H24BO4. The van der Waals surface area contributed by atoms with E-state index in [1.807, 2.05) is 41.8 Å². The van der Waals surface area contributed by atoms with Crippen molar-refractivity contribution in [1.29, 1.82) is 0 Å². The zero-order chi connectivity index (χ0) is 13.0. The van der Waals surface area contributed by atoms with E-state index in [1.165, 1.54) is 0 Å². The number of rotatable bonds is 6. The molecular weight excluding hydrogens is 219 g/mol. The molecule has 5 heteroatoms. The molecule has 17 heavy (non-hydrogen) atoms. The summed E-state index contributed by atoms with van der Waals surface area (Å²) in [5, 5.41) is 10.1. The van der Waals surface area contributed by atoms with Crippen LogP contribution in [-0.4, -0.2) is 55.5 Å². The Labute approximate surface area is 105 Å². The Morgan fingerprint density at radius 1 is 1.24 bits per heavy atom. The van der Waals surface area contributed by atoms with Gasteiger partial charge in [0.25, 0.3) is 0 Å². The molecule has 1 heterocycles. The van der Waals surface area contributed by atoms with Crippen LogP contribution in [0.5, 0.6) is 0 Å². The third kappa shape index (κ3) is 4.25. The Morgan fingerprint density at radius 3 is 2.35 bits per heavy atom. The van der Waals surface area contributed by atoms with Crippen LogP contribution in [0, 0.1) is 0 Å². The monoisotopic (exact) mass is 243 g/mol. The summed E-state index contributed by atoms with van der Waals surface area (Å²) < 4.78 is 17.0. The summed E-state index contributed by atoms with van der Waals surface area (Å²) >= 11 is 0. The molecule has 1 aliphatic rings. The standard InChI is InChI=1S/C12H24BO4/c1-7(2)15-6-9-11(16-8(3)4)10(14)12(13-5)17-9/h7-12,14H,6H2,1-5H3/t9-,10+,11?,12-/m1/s1. The maximum atomic E-state index is 10.1. The van der Waals surface area contributed by atoms with Crippen LogP contribution >= 0.6 is 0 Å².